The molecule has 6 nitrogen and oxygen atoms in total. The van der Waals surface area contributed by atoms with Crippen molar-refractivity contribution in [1.82, 2.24) is 10.6 Å². The molecule has 0 aliphatic heterocycles. The maximum absolute atomic E-state index is 6.34. The number of fused-ring (bicyclic) bond motifs is 2. The SMILES string of the molecule is C[C@@H](CNC(C)(C)CCC(C)(C)c1cc2cc(OCCCNC(C)(C)C)ccc2o1)Oc1ccc2oc(C(C)(C)C)cc2c1. The molecule has 0 aliphatic rings. The van der Waals surface area contributed by atoms with Crippen molar-refractivity contribution in [3.8, 4) is 11.5 Å². The molecule has 4 aromatic rings. The molecule has 0 radical (unpaired) electrons. The summed E-state index contributed by atoms with van der Waals surface area (Å²) in [5.74, 6) is 3.75. The minimum Gasteiger partial charge on any atom is -0.494 e. The first-order chi connectivity index (χ1) is 20.4. The summed E-state index contributed by atoms with van der Waals surface area (Å²) in [5, 5.41) is 9.41. The van der Waals surface area contributed by atoms with Gasteiger partial charge in [0.25, 0.3) is 0 Å². The standard InChI is InChI=1S/C38H56N2O4/c1-26(42-30-14-16-31-28(22-30)23-33(43-31)35(2,3)4)25-40-38(10,11)18-17-37(8,9)34-24-27-21-29(13-15-32(27)44-34)41-20-12-19-39-36(5,6)7/h13-16,21-24,26,39-40H,12,17-20,25H2,1-11H3/t26-/m0/s1. The number of rotatable bonds is 14. The van der Waals surface area contributed by atoms with E-state index in [1.807, 2.05) is 24.3 Å². The maximum atomic E-state index is 6.34. The molecule has 0 fully saturated rings. The van der Waals surface area contributed by atoms with Crippen LogP contribution in [0, 0.1) is 0 Å². The Morgan fingerprint density at radius 3 is 1.93 bits per heavy atom. The molecule has 242 valence electrons. The van der Waals surface area contributed by atoms with E-state index < -0.39 is 0 Å². The van der Waals surface area contributed by atoms with Gasteiger partial charge in [0, 0.05) is 39.2 Å². The lowest BCUT2D eigenvalue weighted by atomic mass is 9.81. The topological polar surface area (TPSA) is 68.8 Å². The van der Waals surface area contributed by atoms with Crippen molar-refractivity contribution in [2.45, 2.75) is 123 Å². The van der Waals surface area contributed by atoms with E-state index in [0.717, 1.165) is 77.3 Å². The van der Waals surface area contributed by atoms with Gasteiger partial charge in [-0.2, -0.15) is 0 Å². The number of nitrogens with one attached hydrogen (secondary N) is 2. The van der Waals surface area contributed by atoms with Gasteiger partial charge in [0.05, 0.1) is 6.61 Å². The van der Waals surface area contributed by atoms with Crippen LogP contribution >= 0.6 is 0 Å². The Labute approximate surface area is 265 Å². The molecule has 0 bridgehead atoms. The predicted octanol–water partition coefficient (Wildman–Crippen LogP) is 9.53. The second-order valence-corrected chi connectivity index (χ2v) is 15.8. The molecule has 2 N–H and O–H groups in total. The largest absolute Gasteiger partial charge is 0.494 e. The summed E-state index contributed by atoms with van der Waals surface area (Å²) in [4.78, 5) is 0. The first-order valence-electron chi connectivity index (χ1n) is 16.3. The number of hydrogen-bond acceptors (Lipinski definition) is 6. The highest BCUT2D eigenvalue weighted by Gasteiger charge is 2.29. The average Bonchev–Trinajstić information content (AvgIpc) is 3.55. The molecule has 0 spiro atoms. The van der Waals surface area contributed by atoms with Gasteiger partial charge in [0.15, 0.2) is 0 Å². The lowest BCUT2D eigenvalue weighted by Gasteiger charge is -2.32. The zero-order valence-corrected chi connectivity index (χ0v) is 29.1. The van der Waals surface area contributed by atoms with E-state index in [-0.39, 0.29) is 28.0 Å². The number of hydrogen-bond donors (Lipinski definition) is 2. The van der Waals surface area contributed by atoms with E-state index in [9.17, 15) is 0 Å². The van der Waals surface area contributed by atoms with Crippen LogP contribution in [-0.4, -0.2) is 36.9 Å². The second-order valence-electron chi connectivity index (χ2n) is 15.8. The fourth-order valence-corrected chi connectivity index (χ4v) is 5.17. The molecule has 2 heterocycles. The van der Waals surface area contributed by atoms with Crippen LogP contribution in [-0.2, 0) is 10.8 Å². The number of ether oxygens (including phenoxy) is 2. The van der Waals surface area contributed by atoms with E-state index in [4.69, 9.17) is 18.3 Å². The Kier molecular flexibility index (Phi) is 10.2. The van der Waals surface area contributed by atoms with Crippen molar-refractivity contribution < 1.29 is 18.3 Å². The Hall–Kier alpha value is -2.96. The lowest BCUT2D eigenvalue weighted by molar-refractivity contribution is 0.193. The molecule has 1 atom stereocenters. The summed E-state index contributed by atoms with van der Waals surface area (Å²) in [7, 11) is 0. The van der Waals surface area contributed by atoms with Crippen LogP contribution in [0.15, 0.2) is 57.4 Å². The van der Waals surface area contributed by atoms with E-state index in [0.29, 0.717) is 6.61 Å². The van der Waals surface area contributed by atoms with Gasteiger partial charge in [-0.1, -0.05) is 34.6 Å². The van der Waals surface area contributed by atoms with Gasteiger partial charge in [-0.15, -0.1) is 0 Å². The highest BCUT2D eigenvalue weighted by atomic mass is 16.5. The van der Waals surface area contributed by atoms with E-state index in [1.54, 1.807) is 0 Å². The fourth-order valence-electron chi connectivity index (χ4n) is 5.17. The Morgan fingerprint density at radius 1 is 0.705 bits per heavy atom. The average molecular weight is 605 g/mol. The highest BCUT2D eigenvalue weighted by molar-refractivity contribution is 5.80. The van der Waals surface area contributed by atoms with Gasteiger partial charge >= 0.3 is 0 Å². The molecule has 2 aromatic heterocycles. The summed E-state index contributed by atoms with van der Waals surface area (Å²) in [6, 6.07) is 16.5. The third-order valence-corrected chi connectivity index (χ3v) is 8.21. The molecule has 44 heavy (non-hydrogen) atoms. The van der Waals surface area contributed by atoms with Crippen molar-refractivity contribution in [2.24, 2.45) is 0 Å². The monoisotopic (exact) mass is 604 g/mol. The predicted molar refractivity (Wildman–Crippen MR) is 183 cm³/mol. The molecule has 0 saturated heterocycles. The Morgan fingerprint density at radius 2 is 1.30 bits per heavy atom. The van der Waals surface area contributed by atoms with Crippen molar-refractivity contribution in [1.29, 1.82) is 0 Å². The van der Waals surface area contributed by atoms with Gasteiger partial charge in [0.1, 0.15) is 40.3 Å². The quantitative estimate of drug-likeness (QED) is 0.140. The lowest BCUT2D eigenvalue weighted by Crippen LogP contribution is -2.44. The number of furan rings is 2. The van der Waals surface area contributed by atoms with Gasteiger partial charge < -0.3 is 28.9 Å². The number of benzene rings is 2. The molecular formula is C38H56N2O4. The summed E-state index contributed by atoms with van der Waals surface area (Å²) < 4.78 is 24.7. The van der Waals surface area contributed by atoms with Gasteiger partial charge in [0.2, 0.25) is 0 Å². The zero-order chi connectivity index (χ0) is 32.3. The van der Waals surface area contributed by atoms with Crippen LogP contribution in [0.4, 0.5) is 0 Å². The Bertz CT molecular complexity index is 1510. The van der Waals surface area contributed by atoms with E-state index in [2.05, 4.69) is 111 Å². The molecular weight excluding hydrogens is 548 g/mol. The zero-order valence-electron chi connectivity index (χ0n) is 29.1. The van der Waals surface area contributed by atoms with Crippen molar-refractivity contribution in [3.05, 3.63) is 60.1 Å². The van der Waals surface area contributed by atoms with Gasteiger partial charge in [-0.3, -0.25) is 0 Å². The first kappa shape index (κ1) is 33.9. The van der Waals surface area contributed by atoms with Crippen LogP contribution in [0.3, 0.4) is 0 Å². The molecule has 0 amide bonds. The smallest absolute Gasteiger partial charge is 0.134 e. The minimum absolute atomic E-state index is 0.0234. The van der Waals surface area contributed by atoms with Crippen LogP contribution in [0.5, 0.6) is 11.5 Å². The minimum atomic E-state index is -0.106. The fraction of sp³-hybridized carbons (Fsp3) is 0.579. The Balaban J connectivity index is 1.27. The maximum Gasteiger partial charge on any atom is 0.134 e. The highest BCUT2D eigenvalue weighted by Crippen LogP contribution is 2.36. The summed E-state index contributed by atoms with van der Waals surface area (Å²) in [5.41, 5.74) is 1.75. The molecule has 0 saturated carbocycles. The van der Waals surface area contributed by atoms with Gasteiger partial charge in [-0.25, -0.2) is 0 Å². The molecule has 0 aliphatic carbocycles. The van der Waals surface area contributed by atoms with Crippen LogP contribution in [0.1, 0.15) is 107 Å². The van der Waals surface area contributed by atoms with Crippen LogP contribution < -0.4 is 20.1 Å². The van der Waals surface area contributed by atoms with Crippen molar-refractivity contribution in [2.75, 3.05) is 19.7 Å². The van der Waals surface area contributed by atoms with E-state index in [1.165, 1.54) is 0 Å². The van der Waals surface area contributed by atoms with Crippen molar-refractivity contribution in [3.63, 3.8) is 0 Å². The molecule has 2 aromatic carbocycles. The molecule has 6 heteroatoms. The second kappa shape index (κ2) is 13.2. The summed E-state index contributed by atoms with van der Waals surface area (Å²) in [6.45, 7) is 26.6. The van der Waals surface area contributed by atoms with E-state index >= 15 is 0 Å². The van der Waals surface area contributed by atoms with Gasteiger partial charge in [-0.05, 0) is 116 Å². The molecule has 4 rings (SSSR count). The summed E-state index contributed by atoms with van der Waals surface area (Å²) in [6.07, 6.45) is 2.97. The summed E-state index contributed by atoms with van der Waals surface area (Å²) >= 11 is 0. The first-order valence-corrected chi connectivity index (χ1v) is 16.3. The van der Waals surface area contributed by atoms with Crippen LogP contribution in [0.25, 0.3) is 21.9 Å². The van der Waals surface area contributed by atoms with Crippen LogP contribution in [0.2, 0.25) is 0 Å². The third kappa shape index (κ3) is 9.52. The third-order valence-electron chi connectivity index (χ3n) is 8.21. The van der Waals surface area contributed by atoms with Crippen molar-refractivity contribution >= 4 is 21.9 Å². The molecule has 0 unspecified atom stereocenters. The normalized spacial score (nSPS) is 14.0.